The Balaban J connectivity index is 2.00. The number of aliphatic hydroxyl groups is 1. The number of benzene rings is 1. The highest BCUT2D eigenvalue weighted by molar-refractivity contribution is 5.74. The topological polar surface area (TPSA) is 70.6 Å². The Hall–Kier alpha value is -1.80. The maximum Gasteiger partial charge on any atom is 0.423 e. The van der Waals surface area contributed by atoms with Crippen LogP contribution in [0.1, 0.15) is 18.4 Å². The van der Waals surface area contributed by atoms with Gasteiger partial charge >= 0.3 is 12.2 Å². The fourth-order valence-electron chi connectivity index (χ4n) is 2.37. The van der Waals surface area contributed by atoms with Crippen LogP contribution in [0.2, 0.25) is 0 Å². The monoisotopic (exact) mass is 332 g/mol. The molecule has 128 valence electrons. The summed E-state index contributed by atoms with van der Waals surface area (Å²) in [6.07, 6.45) is -3.70. The summed E-state index contributed by atoms with van der Waals surface area (Å²) in [6, 6.07) is 5.81. The number of carbonyl (C=O) groups excluding carboxylic acids is 1. The molecule has 0 bridgehead atoms. The third-order valence-electron chi connectivity index (χ3n) is 3.78. The molecule has 1 aliphatic heterocycles. The van der Waals surface area contributed by atoms with E-state index in [0.29, 0.717) is 26.1 Å². The molecule has 1 heterocycles. The zero-order chi connectivity index (χ0) is 16.9. The van der Waals surface area contributed by atoms with Crippen molar-refractivity contribution in [1.29, 1.82) is 0 Å². The summed E-state index contributed by atoms with van der Waals surface area (Å²) in [5, 5.41) is 14.8. The van der Waals surface area contributed by atoms with E-state index in [1.165, 1.54) is 24.3 Å². The van der Waals surface area contributed by atoms with Crippen LogP contribution in [0.15, 0.2) is 30.3 Å². The first-order valence-corrected chi connectivity index (χ1v) is 7.29. The molecule has 1 fully saturated rings. The number of nitrogens with one attached hydrogen (secondary N) is 2. The van der Waals surface area contributed by atoms with Crippen molar-refractivity contribution >= 4 is 6.03 Å². The standard InChI is InChI=1S/C15H19F3N2O3/c16-15(17,18)14(22,11-4-2-1-3-5-11)10-19-13(21)20-12-6-8-23-9-7-12/h1-5,12,22H,6-10H2,(H2,19,20,21)/t14-/m1/s1. The van der Waals surface area contributed by atoms with Gasteiger partial charge in [-0.3, -0.25) is 0 Å². The summed E-state index contributed by atoms with van der Waals surface area (Å²) in [4.78, 5) is 11.8. The summed E-state index contributed by atoms with van der Waals surface area (Å²) < 4.78 is 44.9. The third kappa shape index (κ3) is 4.35. The van der Waals surface area contributed by atoms with Crippen LogP contribution in [-0.2, 0) is 10.3 Å². The second-order valence-corrected chi connectivity index (χ2v) is 5.44. The fourth-order valence-corrected chi connectivity index (χ4v) is 2.37. The lowest BCUT2D eigenvalue weighted by Crippen LogP contribution is -2.54. The summed E-state index contributed by atoms with van der Waals surface area (Å²) >= 11 is 0. The highest BCUT2D eigenvalue weighted by Crippen LogP contribution is 2.38. The maximum absolute atomic E-state index is 13.3. The van der Waals surface area contributed by atoms with Gasteiger partial charge in [-0.05, 0) is 18.4 Å². The smallest absolute Gasteiger partial charge is 0.381 e. The summed E-state index contributed by atoms with van der Waals surface area (Å²) in [5.41, 5.74) is -3.46. The lowest BCUT2D eigenvalue weighted by atomic mass is 9.93. The average Bonchev–Trinajstić information content (AvgIpc) is 2.53. The van der Waals surface area contributed by atoms with Gasteiger partial charge in [-0.15, -0.1) is 0 Å². The number of rotatable bonds is 4. The molecule has 1 atom stereocenters. The quantitative estimate of drug-likeness (QED) is 0.789. The van der Waals surface area contributed by atoms with Gasteiger partial charge in [0.25, 0.3) is 0 Å². The van der Waals surface area contributed by atoms with Gasteiger partial charge in [0.1, 0.15) is 0 Å². The second kappa shape index (κ2) is 7.18. The second-order valence-electron chi connectivity index (χ2n) is 5.44. The fraction of sp³-hybridized carbons (Fsp3) is 0.533. The Morgan fingerprint density at radius 2 is 1.83 bits per heavy atom. The van der Waals surface area contributed by atoms with Crippen LogP contribution in [0.3, 0.4) is 0 Å². The van der Waals surface area contributed by atoms with Gasteiger partial charge in [-0.1, -0.05) is 30.3 Å². The Labute approximate surface area is 131 Å². The minimum absolute atomic E-state index is 0.139. The van der Waals surface area contributed by atoms with Crippen LogP contribution in [0.4, 0.5) is 18.0 Å². The Morgan fingerprint density at radius 3 is 2.39 bits per heavy atom. The first-order chi connectivity index (χ1) is 10.8. The summed E-state index contributed by atoms with van der Waals surface area (Å²) in [7, 11) is 0. The third-order valence-corrected chi connectivity index (χ3v) is 3.78. The molecule has 3 N–H and O–H groups in total. The molecule has 8 heteroatoms. The molecule has 0 unspecified atom stereocenters. The van der Waals surface area contributed by atoms with Crippen LogP contribution >= 0.6 is 0 Å². The molecule has 1 aromatic carbocycles. The minimum atomic E-state index is -4.92. The van der Waals surface area contributed by atoms with E-state index in [9.17, 15) is 23.1 Å². The molecule has 1 aliphatic rings. The predicted octanol–water partition coefficient (Wildman–Crippen LogP) is 1.91. The number of hydrogen-bond acceptors (Lipinski definition) is 3. The van der Waals surface area contributed by atoms with Crippen LogP contribution < -0.4 is 10.6 Å². The van der Waals surface area contributed by atoms with Crippen molar-refractivity contribution < 1.29 is 27.8 Å². The van der Waals surface area contributed by atoms with Crippen molar-refractivity contribution in [2.45, 2.75) is 30.7 Å². The molecule has 23 heavy (non-hydrogen) atoms. The minimum Gasteiger partial charge on any atom is -0.381 e. The van der Waals surface area contributed by atoms with Crippen molar-refractivity contribution in [3.63, 3.8) is 0 Å². The zero-order valence-electron chi connectivity index (χ0n) is 12.4. The van der Waals surface area contributed by atoms with Gasteiger partial charge in [0, 0.05) is 19.3 Å². The van der Waals surface area contributed by atoms with Crippen LogP contribution in [0.25, 0.3) is 0 Å². The number of hydrogen-bond donors (Lipinski definition) is 3. The number of urea groups is 1. The van der Waals surface area contributed by atoms with E-state index >= 15 is 0 Å². The maximum atomic E-state index is 13.3. The number of carbonyl (C=O) groups is 1. The highest BCUT2D eigenvalue weighted by atomic mass is 19.4. The molecule has 2 amide bonds. The van der Waals surface area contributed by atoms with Crippen LogP contribution in [0.5, 0.6) is 0 Å². The zero-order valence-corrected chi connectivity index (χ0v) is 12.4. The molecule has 0 spiro atoms. The van der Waals surface area contributed by atoms with Gasteiger partial charge in [0.2, 0.25) is 5.60 Å². The molecule has 0 aliphatic carbocycles. The van der Waals surface area contributed by atoms with E-state index in [1.54, 1.807) is 6.07 Å². The van der Waals surface area contributed by atoms with Crippen molar-refractivity contribution in [2.24, 2.45) is 0 Å². The highest BCUT2D eigenvalue weighted by Gasteiger charge is 2.55. The van der Waals surface area contributed by atoms with Gasteiger partial charge in [-0.2, -0.15) is 13.2 Å². The van der Waals surface area contributed by atoms with Crippen molar-refractivity contribution in [2.75, 3.05) is 19.8 Å². The summed E-state index contributed by atoms with van der Waals surface area (Å²) in [5.74, 6) is 0. The largest absolute Gasteiger partial charge is 0.423 e. The Bertz CT molecular complexity index is 518. The predicted molar refractivity (Wildman–Crippen MR) is 76.8 cm³/mol. The normalized spacial score (nSPS) is 19.0. The average molecular weight is 332 g/mol. The molecule has 1 saturated heterocycles. The summed E-state index contributed by atoms with van der Waals surface area (Å²) in [6.45, 7) is 0.0401. The Kier molecular flexibility index (Phi) is 5.48. The van der Waals surface area contributed by atoms with Gasteiger partial charge in [0.05, 0.1) is 6.54 Å². The molecule has 0 radical (unpaired) electrons. The van der Waals surface area contributed by atoms with Crippen molar-refractivity contribution in [3.05, 3.63) is 35.9 Å². The number of alkyl halides is 3. The lowest BCUT2D eigenvalue weighted by molar-refractivity contribution is -0.263. The van der Waals surface area contributed by atoms with E-state index in [-0.39, 0.29) is 11.6 Å². The molecule has 2 rings (SSSR count). The van der Waals surface area contributed by atoms with Gasteiger partial charge in [0.15, 0.2) is 0 Å². The Morgan fingerprint density at radius 1 is 1.22 bits per heavy atom. The van der Waals surface area contributed by atoms with E-state index in [2.05, 4.69) is 10.6 Å². The molecule has 1 aromatic rings. The molecule has 5 nitrogen and oxygen atoms in total. The lowest BCUT2D eigenvalue weighted by Gasteiger charge is -2.31. The molecular weight excluding hydrogens is 313 g/mol. The SMILES string of the molecule is O=C(NC[C@@](O)(c1ccccc1)C(F)(F)F)NC1CCOCC1. The van der Waals surface area contributed by atoms with E-state index < -0.39 is 24.4 Å². The van der Waals surface area contributed by atoms with Gasteiger partial charge in [-0.25, -0.2) is 4.79 Å². The van der Waals surface area contributed by atoms with Crippen LogP contribution in [-0.4, -0.2) is 43.1 Å². The van der Waals surface area contributed by atoms with E-state index in [4.69, 9.17) is 4.74 Å². The van der Waals surface area contributed by atoms with E-state index in [0.717, 1.165) is 0 Å². The number of ether oxygens (including phenoxy) is 1. The molecule has 0 aromatic heterocycles. The van der Waals surface area contributed by atoms with E-state index in [1.807, 2.05) is 0 Å². The van der Waals surface area contributed by atoms with Gasteiger partial charge < -0.3 is 20.5 Å². The van der Waals surface area contributed by atoms with Crippen molar-refractivity contribution in [1.82, 2.24) is 10.6 Å². The first-order valence-electron chi connectivity index (χ1n) is 7.29. The first kappa shape index (κ1) is 17.6. The molecule has 0 saturated carbocycles. The van der Waals surface area contributed by atoms with Crippen molar-refractivity contribution in [3.8, 4) is 0 Å². The number of amides is 2. The van der Waals surface area contributed by atoms with Crippen LogP contribution in [0, 0.1) is 0 Å². The molecular formula is C15H19F3N2O3. The number of halogens is 3.